The molecule has 2 rings (SSSR count). The first-order valence-electron chi connectivity index (χ1n) is 7.64. The molecule has 1 aromatic heterocycles. The van der Waals surface area contributed by atoms with Crippen molar-refractivity contribution < 1.29 is 4.74 Å². The molecule has 2 N–H and O–H groups in total. The molecule has 0 radical (unpaired) electrons. The fourth-order valence-corrected chi connectivity index (χ4v) is 3.15. The zero-order valence-electron chi connectivity index (χ0n) is 12.7. The van der Waals surface area contributed by atoms with Crippen molar-refractivity contribution >= 4 is 0 Å². The van der Waals surface area contributed by atoms with E-state index < -0.39 is 0 Å². The largest absolute Gasteiger partial charge is 0.384 e. The van der Waals surface area contributed by atoms with Crippen LogP contribution in [0.3, 0.4) is 0 Å². The second-order valence-corrected chi connectivity index (χ2v) is 5.73. The van der Waals surface area contributed by atoms with E-state index in [4.69, 9.17) is 10.5 Å². The molecule has 0 aromatic carbocycles. The normalized spacial score (nSPS) is 20.8. The van der Waals surface area contributed by atoms with Gasteiger partial charge in [-0.1, -0.05) is 6.92 Å². The van der Waals surface area contributed by atoms with E-state index in [1.54, 1.807) is 7.11 Å². The fourth-order valence-electron chi connectivity index (χ4n) is 3.15. The van der Waals surface area contributed by atoms with E-state index in [2.05, 4.69) is 28.9 Å². The minimum Gasteiger partial charge on any atom is -0.384 e. The molecule has 0 amide bonds. The molecule has 112 valence electrons. The van der Waals surface area contributed by atoms with Gasteiger partial charge in [0.1, 0.15) is 0 Å². The molecule has 1 saturated heterocycles. The van der Waals surface area contributed by atoms with Gasteiger partial charge in [0.05, 0.1) is 0 Å². The van der Waals surface area contributed by atoms with Gasteiger partial charge < -0.3 is 10.5 Å². The Morgan fingerprint density at radius 3 is 2.55 bits per heavy atom. The van der Waals surface area contributed by atoms with Gasteiger partial charge in [0.15, 0.2) is 0 Å². The van der Waals surface area contributed by atoms with Gasteiger partial charge in [-0.15, -0.1) is 0 Å². The molecule has 2 atom stereocenters. The number of piperidine rings is 1. The summed E-state index contributed by atoms with van der Waals surface area (Å²) in [4.78, 5) is 6.66. The SMILES string of the molecule is CCC(N)C(c1ccncc1)N1CCC(COC)CC1. The van der Waals surface area contributed by atoms with Gasteiger partial charge in [-0.2, -0.15) is 0 Å². The molecule has 2 unspecified atom stereocenters. The number of hydrogen-bond donors (Lipinski definition) is 1. The monoisotopic (exact) mass is 277 g/mol. The average Bonchev–Trinajstić information content (AvgIpc) is 2.50. The van der Waals surface area contributed by atoms with Crippen LogP contribution in [0.15, 0.2) is 24.5 Å². The number of hydrogen-bond acceptors (Lipinski definition) is 4. The zero-order chi connectivity index (χ0) is 14.4. The summed E-state index contributed by atoms with van der Waals surface area (Å²) < 4.78 is 5.28. The lowest BCUT2D eigenvalue weighted by molar-refractivity contribution is 0.0714. The minimum atomic E-state index is 0.177. The van der Waals surface area contributed by atoms with Crippen molar-refractivity contribution in [3.63, 3.8) is 0 Å². The Morgan fingerprint density at radius 1 is 1.35 bits per heavy atom. The number of pyridine rings is 1. The van der Waals surface area contributed by atoms with E-state index in [9.17, 15) is 0 Å². The number of nitrogens with two attached hydrogens (primary N) is 1. The van der Waals surface area contributed by atoms with E-state index in [1.165, 1.54) is 18.4 Å². The van der Waals surface area contributed by atoms with E-state index in [-0.39, 0.29) is 6.04 Å². The second-order valence-electron chi connectivity index (χ2n) is 5.73. The highest BCUT2D eigenvalue weighted by atomic mass is 16.5. The predicted molar refractivity (Wildman–Crippen MR) is 81.4 cm³/mol. The highest BCUT2D eigenvalue weighted by molar-refractivity contribution is 5.17. The lowest BCUT2D eigenvalue weighted by Crippen LogP contribution is -2.45. The van der Waals surface area contributed by atoms with Crippen LogP contribution in [-0.4, -0.2) is 42.7 Å². The Hall–Kier alpha value is -0.970. The quantitative estimate of drug-likeness (QED) is 0.866. The van der Waals surface area contributed by atoms with Crippen LogP contribution in [0.2, 0.25) is 0 Å². The Balaban J connectivity index is 2.05. The fraction of sp³-hybridized carbons (Fsp3) is 0.688. The summed E-state index contributed by atoms with van der Waals surface area (Å²) in [5.74, 6) is 0.701. The summed E-state index contributed by atoms with van der Waals surface area (Å²) >= 11 is 0. The van der Waals surface area contributed by atoms with E-state index in [0.29, 0.717) is 12.0 Å². The molecule has 4 heteroatoms. The van der Waals surface area contributed by atoms with E-state index >= 15 is 0 Å². The van der Waals surface area contributed by atoms with Crippen LogP contribution in [0.25, 0.3) is 0 Å². The number of rotatable bonds is 6. The lowest BCUT2D eigenvalue weighted by Gasteiger charge is -2.40. The van der Waals surface area contributed by atoms with Crippen molar-refractivity contribution in [2.75, 3.05) is 26.8 Å². The van der Waals surface area contributed by atoms with Gasteiger partial charge in [-0.25, -0.2) is 0 Å². The zero-order valence-corrected chi connectivity index (χ0v) is 12.7. The van der Waals surface area contributed by atoms with Crippen LogP contribution in [-0.2, 0) is 4.74 Å². The predicted octanol–water partition coefficient (Wildman–Crippen LogP) is 2.22. The molecule has 0 saturated carbocycles. The third-order valence-corrected chi connectivity index (χ3v) is 4.37. The average molecular weight is 277 g/mol. The number of aromatic nitrogens is 1. The van der Waals surface area contributed by atoms with Crippen molar-refractivity contribution in [1.82, 2.24) is 9.88 Å². The summed E-state index contributed by atoms with van der Waals surface area (Å²) in [5, 5.41) is 0. The van der Waals surface area contributed by atoms with Gasteiger partial charge >= 0.3 is 0 Å². The summed E-state index contributed by atoms with van der Waals surface area (Å²) in [5.41, 5.74) is 7.68. The molecular weight excluding hydrogens is 250 g/mol. The molecule has 1 fully saturated rings. The van der Waals surface area contributed by atoms with Gasteiger partial charge in [0, 0.05) is 38.2 Å². The molecule has 0 aliphatic carbocycles. The number of methoxy groups -OCH3 is 1. The summed E-state index contributed by atoms with van der Waals surface area (Å²) in [6.07, 6.45) is 7.12. The maximum Gasteiger partial charge on any atom is 0.0500 e. The summed E-state index contributed by atoms with van der Waals surface area (Å²) in [7, 11) is 1.79. The van der Waals surface area contributed by atoms with Crippen molar-refractivity contribution in [3.8, 4) is 0 Å². The first kappa shape index (κ1) is 15.4. The van der Waals surface area contributed by atoms with Gasteiger partial charge in [-0.05, 0) is 56.0 Å². The van der Waals surface area contributed by atoms with Gasteiger partial charge in [0.2, 0.25) is 0 Å². The van der Waals surface area contributed by atoms with Crippen LogP contribution < -0.4 is 5.73 Å². The molecular formula is C16H27N3O. The third-order valence-electron chi connectivity index (χ3n) is 4.37. The summed E-state index contributed by atoms with van der Waals surface area (Å²) in [6.45, 7) is 5.26. The molecule has 2 heterocycles. The van der Waals surface area contributed by atoms with Gasteiger partial charge in [0.25, 0.3) is 0 Å². The van der Waals surface area contributed by atoms with Crippen molar-refractivity contribution in [3.05, 3.63) is 30.1 Å². The maximum atomic E-state index is 6.39. The smallest absolute Gasteiger partial charge is 0.0500 e. The van der Waals surface area contributed by atoms with E-state index in [0.717, 1.165) is 26.1 Å². The lowest BCUT2D eigenvalue weighted by atomic mass is 9.91. The Kier molecular flexibility index (Phi) is 5.95. The first-order valence-corrected chi connectivity index (χ1v) is 7.64. The first-order chi connectivity index (χ1) is 9.76. The molecule has 1 aromatic rings. The van der Waals surface area contributed by atoms with E-state index in [1.807, 2.05) is 12.4 Å². The van der Waals surface area contributed by atoms with Crippen LogP contribution in [0.5, 0.6) is 0 Å². The maximum absolute atomic E-state index is 6.39. The molecule has 0 spiro atoms. The third kappa shape index (κ3) is 3.78. The Morgan fingerprint density at radius 2 is 2.00 bits per heavy atom. The standard InChI is InChI=1S/C16H27N3O/c1-3-15(17)16(14-4-8-18-9-5-14)19-10-6-13(7-11-19)12-20-2/h4-5,8-9,13,15-16H,3,6-7,10-12,17H2,1-2H3. The second kappa shape index (κ2) is 7.72. The number of nitrogens with zero attached hydrogens (tertiary/aromatic N) is 2. The molecule has 0 bridgehead atoms. The van der Waals surface area contributed by atoms with Gasteiger partial charge in [-0.3, -0.25) is 9.88 Å². The molecule has 1 aliphatic rings. The van der Waals surface area contributed by atoms with Crippen molar-refractivity contribution in [1.29, 1.82) is 0 Å². The summed E-state index contributed by atoms with van der Waals surface area (Å²) in [6, 6.07) is 4.69. The highest BCUT2D eigenvalue weighted by Gasteiger charge is 2.29. The molecule has 20 heavy (non-hydrogen) atoms. The molecule has 4 nitrogen and oxygen atoms in total. The number of likely N-dealkylation sites (tertiary alicyclic amines) is 1. The van der Waals surface area contributed by atoms with Crippen LogP contribution in [0, 0.1) is 5.92 Å². The Labute approximate surface area is 122 Å². The Bertz CT molecular complexity index is 377. The van der Waals surface area contributed by atoms with Crippen molar-refractivity contribution in [2.45, 2.75) is 38.3 Å². The highest BCUT2D eigenvalue weighted by Crippen LogP contribution is 2.29. The van der Waals surface area contributed by atoms with Crippen LogP contribution in [0.4, 0.5) is 0 Å². The minimum absolute atomic E-state index is 0.177. The molecule has 1 aliphatic heterocycles. The number of ether oxygens (including phenoxy) is 1. The van der Waals surface area contributed by atoms with Crippen molar-refractivity contribution in [2.24, 2.45) is 11.7 Å². The topological polar surface area (TPSA) is 51.4 Å². The van der Waals surface area contributed by atoms with Crippen LogP contribution in [0.1, 0.15) is 37.8 Å². The van der Waals surface area contributed by atoms with Crippen LogP contribution >= 0.6 is 0 Å².